The lowest BCUT2D eigenvalue weighted by atomic mass is 10.1. The zero-order chi connectivity index (χ0) is 22.3. The van der Waals surface area contributed by atoms with Gasteiger partial charge in [0.25, 0.3) is 5.69 Å². The second-order valence-electron chi connectivity index (χ2n) is 7.58. The van der Waals surface area contributed by atoms with Crippen molar-refractivity contribution < 1.29 is 4.92 Å². The summed E-state index contributed by atoms with van der Waals surface area (Å²) in [6.45, 7) is 3.15. The van der Waals surface area contributed by atoms with Crippen molar-refractivity contribution in [2.24, 2.45) is 0 Å². The molecule has 0 radical (unpaired) electrons. The quantitative estimate of drug-likeness (QED) is 0.214. The third kappa shape index (κ3) is 5.37. The number of anilines is 1. The van der Waals surface area contributed by atoms with E-state index in [1.54, 1.807) is 23.9 Å². The third-order valence-corrected chi connectivity index (χ3v) is 6.32. The average Bonchev–Trinajstić information content (AvgIpc) is 2.81. The molecule has 0 bridgehead atoms. The largest absolute Gasteiger partial charge is 0.362 e. The van der Waals surface area contributed by atoms with Gasteiger partial charge in [0.1, 0.15) is 0 Å². The van der Waals surface area contributed by atoms with Gasteiger partial charge >= 0.3 is 0 Å². The van der Waals surface area contributed by atoms with Gasteiger partial charge in [-0.1, -0.05) is 78.5 Å². The minimum absolute atomic E-state index is 0.148. The van der Waals surface area contributed by atoms with Crippen molar-refractivity contribution >= 4 is 23.1 Å². The summed E-state index contributed by atoms with van der Waals surface area (Å²) >= 11 is 1.73. The van der Waals surface area contributed by atoms with Crippen molar-refractivity contribution in [3.05, 3.63) is 130 Å². The maximum atomic E-state index is 11.5. The molecule has 4 aromatic rings. The van der Waals surface area contributed by atoms with Crippen LogP contribution >= 0.6 is 11.8 Å². The molecule has 0 aliphatic rings. The van der Waals surface area contributed by atoms with Crippen LogP contribution in [0, 0.1) is 17.0 Å². The molecule has 0 aliphatic carbocycles. The Morgan fingerprint density at radius 3 is 1.91 bits per heavy atom. The molecular formula is C27H24N2O2S. The summed E-state index contributed by atoms with van der Waals surface area (Å²) in [5.74, 6) is 0. The number of hydrogen-bond acceptors (Lipinski definition) is 4. The molecule has 0 saturated heterocycles. The van der Waals surface area contributed by atoms with Crippen LogP contribution in [0.5, 0.6) is 0 Å². The van der Waals surface area contributed by atoms with Crippen LogP contribution in [0.1, 0.15) is 16.7 Å². The van der Waals surface area contributed by atoms with Gasteiger partial charge in [-0.2, -0.15) is 0 Å². The van der Waals surface area contributed by atoms with E-state index in [4.69, 9.17) is 0 Å². The highest BCUT2D eigenvalue weighted by atomic mass is 32.2. The van der Waals surface area contributed by atoms with Crippen molar-refractivity contribution in [3.8, 4) is 0 Å². The van der Waals surface area contributed by atoms with E-state index in [0.29, 0.717) is 18.7 Å². The Hall–Kier alpha value is -3.57. The topological polar surface area (TPSA) is 46.4 Å². The van der Waals surface area contributed by atoms with Gasteiger partial charge in [0.05, 0.1) is 10.5 Å². The lowest BCUT2D eigenvalue weighted by Crippen LogP contribution is -2.23. The first-order chi connectivity index (χ1) is 15.6. The van der Waals surface area contributed by atoms with Crippen molar-refractivity contribution in [1.29, 1.82) is 0 Å². The molecule has 5 heteroatoms. The van der Waals surface area contributed by atoms with E-state index in [0.717, 1.165) is 16.8 Å². The normalized spacial score (nSPS) is 10.7. The molecule has 0 fully saturated rings. The molecule has 4 aromatic carbocycles. The molecule has 0 saturated carbocycles. The van der Waals surface area contributed by atoms with Crippen LogP contribution < -0.4 is 4.90 Å². The zero-order valence-electron chi connectivity index (χ0n) is 17.8. The van der Waals surface area contributed by atoms with Gasteiger partial charge in [-0.05, 0) is 48.4 Å². The summed E-state index contributed by atoms with van der Waals surface area (Å²) in [6, 6.07) is 34.3. The van der Waals surface area contributed by atoms with Crippen molar-refractivity contribution in [1.82, 2.24) is 0 Å². The molecule has 160 valence electrons. The Labute approximate surface area is 192 Å². The SMILES string of the molecule is Cc1c(N(Cc2ccccc2)Cc2ccc(Sc3ccccc3)cc2)cccc1[N+](=O)[O-]. The standard InChI is InChI=1S/C27H24N2O2S/c1-21-26(13-8-14-27(21)29(30)31)28(19-22-9-4-2-5-10-22)20-23-15-17-25(18-16-23)32-24-11-6-3-7-12-24/h2-18H,19-20H2,1H3. The van der Waals surface area contributed by atoms with Crippen molar-refractivity contribution in [3.63, 3.8) is 0 Å². The number of nitro benzene ring substituents is 1. The summed E-state index contributed by atoms with van der Waals surface area (Å²) in [5.41, 5.74) is 4.03. The summed E-state index contributed by atoms with van der Waals surface area (Å²) in [4.78, 5) is 15.8. The van der Waals surface area contributed by atoms with Gasteiger partial charge in [0, 0.05) is 34.6 Å². The number of nitro groups is 1. The Morgan fingerprint density at radius 2 is 1.28 bits per heavy atom. The molecule has 0 aromatic heterocycles. The summed E-state index contributed by atoms with van der Waals surface area (Å²) in [5, 5.41) is 11.5. The molecule has 0 unspecified atom stereocenters. The van der Waals surface area contributed by atoms with Crippen LogP contribution in [0.3, 0.4) is 0 Å². The van der Waals surface area contributed by atoms with Gasteiger partial charge in [0.2, 0.25) is 0 Å². The lowest BCUT2D eigenvalue weighted by molar-refractivity contribution is -0.385. The molecule has 32 heavy (non-hydrogen) atoms. The monoisotopic (exact) mass is 440 g/mol. The molecule has 0 aliphatic heterocycles. The van der Waals surface area contributed by atoms with E-state index >= 15 is 0 Å². The minimum atomic E-state index is -0.310. The Bertz CT molecular complexity index is 1180. The van der Waals surface area contributed by atoms with Gasteiger partial charge in [0.15, 0.2) is 0 Å². The van der Waals surface area contributed by atoms with E-state index in [1.807, 2.05) is 49.4 Å². The van der Waals surface area contributed by atoms with Crippen LogP contribution in [0.25, 0.3) is 0 Å². The van der Waals surface area contributed by atoms with Crippen LogP contribution in [0.15, 0.2) is 113 Å². The van der Waals surface area contributed by atoms with E-state index in [9.17, 15) is 10.1 Å². The number of hydrogen-bond donors (Lipinski definition) is 0. The molecule has 4 nitrogen and oxygen atoms in total. The fraction of sp³-hybridized carbons (Fsp3) is 0.111. The van der Waals surface area contributed by atoms with Crippen LogP contribution in [0.2, 0.25) is 0 Å². The fourth-order valence-electron chi connectivity index (χ4n) is 3.69. The lowest BCUT2D eigenvalue weighted by Gasteiger charge is -2.27. The van der Waals surface area contributed by atoms with Gasteiger partial charge in [-0.25, -0.2) is 0 Å². The highest BCUT2D eigenvalue weighted by molar-refractivity contribution is 7.99. The molecular weight excluding hydrogens is 416 g/mol. The Morgan fingerprint density at radius 1 is 0.719 bits per heavy atom. The molecule has 0 spiro atoms. The zero-order valence-corrected chi connectivity index (χ0v) is 18.7. The summed E-state index contributed by atoms with van der Waals surface area (Å²) in [7, 11) is 0. The predicted molar refractivity (Wildman–Crippen MR) is 131 cm³/mol. The van der Waals surface area contributed by atoms with Gasteiger partial charge in [-0.3, -0.25) is 10.1 Å². The number of benzene rings is 4. The first-order valence-corrected chi connectivity index (χ1v) is 11.3. The molecule has 0 heterocycles. The van der Waals surface area contributed by atoms with Crippen molar-refractivity contribution in [2.45, 2.75) is 29.8 Å². The minimum Gasteiger partial charge on any atom is -0.362 e. The first-order valence-electron chi connectivity index (χ1n) is 10.4. The highest BCUT2D eigenvalue weighted by Gasteiger charge is 2.18. The fourth-order valence-corrected chi connectivity index (χ4v) is 4.53. The number of rotatable bonds is 8. The molecule has 0 amide bonds. The van der Waals surface area contributed by atoms with E-state index in [-0.39, 0.29) is 10.6 Å². The van der Waals surface area contributed by atoms with Gasteiger partial charge in [-0.15, -0.1) is 0 Å². The van der Waals surface area contributed by atoms with E-state index < -0.39 is 0 Å². The van der Waals surface area contributed by atoms with Gasteiger partial charge < -0.3 is 4.90 Å². The average molecular weight is 441 g/mol. The van der Waals surface area contributed by atoms with E-state index in [2.05, 4.69) is 53.4 Å². The van der Waals surface area contributed by atoms with Crippen LogP contribution in [0.4, 0.5) is 11.4 Å². The van der Waals surface area contributed by atoms with Crippen LogP contribution in [-0.2, 0) is 13.1 Å². The summed E-state index contributed by atoms with van der Waals surface area (Å²) in [6.07, 6.45) is 0. The third-order valence-electron chi connectivity index (χ3n) is 5.31. The molecule has 0 N–H and O–H groups in total. The second-order valence-corrected chi connectivity index (χ2v) is 8.73. The maximum absolute atomic E-state index is 11.5. The Balaban J connectivity index is 1.59. The highest BCUT2D eigenvalue weighted by Crippen LogP contribution is 2.31. The Kier molecular flexibility index (Phi) is 6.87. The molecule has 4 rings (SSSR count). The van der Waals surface area contributed by atoms with E-state index in [1.165, 1.54) is 9.79 Å². The van der Waals surface area contributed by atoms with Crippen LogP contribution in [-0.4, -0.2) is 4.92 Å². The molecule has 0 atom stereocenters. The summed E-state index contributed by atoms with van der Waals surface area (Å²) < 4.78 is 0. The smallest absolute Gasteiger partial charge is 0.274 e. The number of nitrogens with zero attached hydrogens (tertiary/aromatic N) is 2. The van der Waals surface area contributed by atoms with Crippen molar-refractivity contribution in [2.75, 3.05) is 4.90 Å². The maximum Gasteiger partial charge on any atom is 0.274 e. The first kappa shape index (κ1) is 21.7. The predicted octanol–water partition coefficient (Wildman–Crippen LogP) is 7.26. The second kappa shape index (κ2) is 10.2.